The first-order valence-electron chi connectivity index (χ1n) is 10.4. The lowest BCUT2D eigenvalue weighted by molar-refractivity contribution is -0.135. The van der Waals surface area contributed by atoms with Crippen LogP contribution in [0.1, 0.15) is 22.7 Å². The maximum absolute atomic E-state index is 13.3. The van der Waals surface area contributed by atoms with Gasteiger partial charge in [-0.2, -0.15) is 0 Å². The van der Waals surface area contributed by atoms with Gasteiger partial charge in [0.15, 0.2) is 11.5 Å². The Morgan fingerprint density at radius 1 is 0.750 bits per heavy atom. The fourth-order valence-corrected chi connectivity index (χ4v) is 3.99. The average Bonchev–Trinajstić information content (AvgIpc) is 2.82. The monoisotopic (exact) mass is 433 g/mol. The Balaban J connectivity index is 1.74. The Hall–Kier alpha value is -3.67. The molecule has 0 spiro atoms. The number of benzene rings is 3. The second-order valence-corrected chi connectivity index (χ2v) is 7.77. The molecule has 1 fully saturated rings. The molecule has 0 unspecified atom stereocenters. The smallest absolute Gasteiger partial charge is 0.271 e. The summed E-state index contributed by atoms with van der Waals surface area (Å²) in [7, 11) is 4.81. The second kappa shape index (κ2) is 8.83. The zero-order valence-corrected chi connectivity index (χ0v) is 18.9. The highest BCUT2D eigenvalue weighted by atomic mass is 16.5. The molecule has 6 heteroatoms. The number of ether oxygens (including phenoxy) is 4. The third kappa shape index (κ3) is 3.84. The molecule has 0 N–H and O–H groups in total. The Kier molecular flexibility index (Phi) is 5.95. The highest BCUT2D eigenvalue weighted by molar-refractivity contribution is 6.06. The zero-order valence-electron chi connectivity index (χ0n) is 18.9. The summed E-state index contributed by atoms with van der Waals surface area (Å²) in [6.07, 6.45) is -0.665. The standard InChI is InChI=1S/C26H27NO5/c1-16-6-7-17(2)21(14-16)27-24(18-8-13-22(30-4)23(15-18)31-5)25(26(27)28)32-20-11-9-19(29-3)10-12-20/h6-15,24-25H,1-5H3/t24-,25-/m0/s1. The summed E-state index contributed by atoms with van der Waals surface area (Å²) in [5.41, 5.74) is 3.90. The summed E-state index contributed by atoms with van der Waals surface area (Å²) in [6.45, 7) is 4.02. The first-order chi connectivity index (χ1) is 15.5. The van der Waals surface area contributed by atoms with Gasteiger partial charge in [0, 0.05) is 5.69 Å². The minimum atomic E-state index is -0.665. The van der Waals surface area contributed by atoms with Crippen LogP contribution in [0.3, 0.4) is 0 Å². The first-order valence-corrected chi connectivity index (χ1v) is 10.4. The number of hydrogen-bond donors (Lipinski definition) is 0. The van der Waals surface area contributed by atoms with Crippen LogP contribution >= 0.6 is 0 Å². The summed E-state index contributed by atoms with van der Waals surface area (Å²) < 4.78 is 22.3. The first kappa shape index (κ1) is 21.6. The summed E-state index contributed by atoms with van der Waals surface area (Å²) in [6, 6.07) is 18.7. The molecule has 1 heterocycles. The number of hydrogen-bond acceptors (Lipinski definition) is 5. The van der Waals surface area contributed by atoms with Crippen molar-refractivity contribution in [2.45, 2.75) is 26.0 Å². The maximum Gasteiger partial charge on any atom is 0.271 e. The molecule has 0 saturated carbocycles. The molecule has 3 aromatic rings. The van der Waals surface area contributed by atoms with Crippen LogP contribution in [-0.4, -0.2) is 33.3 Å². The summed E-state index contributed by atoms with van der Waals surface area (Å²) >= 11 is 0. The van der Waals surface area contributed by atoms with Gasteiger partial charge in [0.05, 0.1) is 21.3 Å². The number of carbonyl (C=O) groups is 1. The van der Waals surface area contributed by atoms with Gasteiger partial charge in [-0.05, 0) is 73.0 Å². The fourth-order valence-electron chi connectivity index (χ4n) is 3.99. The average molecular weight is 434 g/mol. The molecule has 0 bridgehead atoms. The van der Waals surface area contributed by atoms with Gasteiger partial charge in [0.2, 0.25) is 6.10 Å². The molecule has 1 aliphatic rings. The molecule has 0 aliphatic carbocycles. The number of rotatable bonds is 7. The Morgan fingerprint density at radius 3 is 2.09 bits per heavy atom. The van der Waals surface area contributed by atoms with Gasteiger partial charge in [-0.3, -0.25) is 9.69 Å². The predicted octanol–water partition coefficient (Wildman–Crippen LogP) is 4.86. The van der Waals surface area contributed by atoms with Crippen LogP contribution in [-0.2, 0) is 4.79 Å². The highest BCUT2D eigenvalue weighted by Crippen LogP contribution is 2.44. The summed E-state index contributed by atoms with van der Waals surface area (Å²) in [5, 5.41) is 0. The molecular weight excluding hydrogens is 406 g/mol. The van der Waals surface area contributed by atoms with Crippen LogP contribution in [0, 0.1) is 13.8 Å². The number of β-lactam (4-membered cyclic amide) rings is 1. The van der Waals surface area contributed by atoms with Crippen LogP contribution in [0.25, 0.3) is 0 Å². The molecule has 3 aromatic carbocycles. The number of methoxy groups -OCH3 is 3. The second-order valence-electron chi connectivity index (χ2n) is 7.77. The van der Waals surface area contributed by atoms with Gasteiger partial charge >= 0.3 is 0 Å². The molecule has 0 aromatic heterocycles. The van der Waals surface area contributed by atoms with Crippen molar-refractivity contribution in [3.8, 4) is 23.0 Å². The summed E-state index contributed by atoms with van der Waals surface area (Å²) in [5.74, 6) is 2.48. The molecule has 0 radical (unpaired) electrons. The van der Waals surface area contributed by atoms with Gasteiger partial charge in [-0.1, -0.05) is 18.2 Å². The van der Waals surface area contributed by atoms with Crippen molar-refractivity contribution in [2.24, 2.45) is 0 Å². The van der Waals surface area contributed by atoms with Crippen LogP contribution < -0.4 is 23.8 Å². The van der Waals surface area contributed by atoms with Gasteiger partial charge in [-0.25, -0.2) is 0 Å². The molecule has 2 atom stereocenters. The van der Waals surface area contributed by atoms with Crippen LogP contribution in [0.2, 0.25) is 0 Å². The molecule has 4 rings (SSSR count). The van der Waals surface area contributed by atoms with Crippen LogP contribution in [0.5, 0.6) is 23.0 Å². The molecule has 6 nitrogen and oxygen atoms in total. The van der Waals surface area contributed by atoms with Crippen molar-refractivity contribution in [3.05, 3.63) is 77.4 Å². The minimum absolute atomic E-state index is 0.0886. The van der Waals surface area contributed by atoms with E-state index in [-0.39, 0.29) is 11.9 Å². The Morgan fingerprint density at radius 2 is 1.44 bits per heavy atom. The van der Waals surface area contributed by atoms with Gasteiger partial charge in [0.25, 0.3) is 5.91 Å². The van der Waals surface area contributed by atoms with Crippen LogP contribution in [0.4, 0.5) is 5.69 Å². The largest absolute Gasteiger partial charge is 0.497 e. The van der Waals surface area contributed by atoms with Crippen molar-refractivity contribution in [3.63, 3.8) is 0 Å². The van der Waals surface area contributed by atoms with Crippen molar-refractivity contribution < 1.29 is 23.7 Å². The molecule has 1 saturated heterocycles. The number of nitrogens with zero attached hydrogens (tertiary/aromatic N) is 1. The Bertz CT molecular complexity index is 1130. The van der Waals surface area contributed by atoms with Crippen molar-refractivity contribution in [1.29, 1.82) is 0 Å². The van der Waals surface area contributed by atoms with E-state index >= 15 is 0 Å². The molecule has 1 aliphatic heterocycles. The molecule has 32 heavy (non-hydrogen) atoms. The quantitative estimate of drug-likeness (QED) is 0.498. The van der Waals surface area contributed by atoms with E-state index in [4.69, 9.17) is 18.9 Å². The topological polar surface area (TPSA) is 57.2 Å². The zero-order chi connectivity index (χ0) is 22.8. The van der Waals surface area contributed by atoms with E-state index in [0.717, 1.165) is 28.1 Å². The van der Waals surface area contributed by atoms with E-state index in [1.807, 2.05) is 62.4 Å². The van der Waals surface area contributed by atoms with Crippen molar-refractivity contribution >= 4 is 11.6 Å². The lowest BCUT2D eigenvalue weighted by Gasteiger charge is -2.47. The third-order valence-electron chi connectivity index (χ3n) is 5.74. The fraction of sp³-hybridized carbons (Fsp3) is 0.269. The van der Waals surface area contributed by atoms with Gasteiger partial charge < -0.3 is 18.9 Å². The number of carbonyl (C=O) groups excluding carboxylic acids is 1. The maximum atomic E-state index is 13.3. The SMILES string of the molecule is COc1ccc(O[C@@H]2C(=O)N(c3cc(C)ccc3C)[C@H]2c2ccc(OC)c(OC)c2)cc1. The van der Waals surface area contributed by atoms with E-state index in [0.29, 0.717) is 17.2 Å². The van der Waals surface area contributed by atoms with E-state index in [1.54, 1.807) is 38.4 Å². The lowest BCUT2D eigenvalue weighted by atomic mass is 9.88. The van der Waals surface area contributed by atoms with Gasteiger partial charge in [-0.15, -0.1) is 0 Å². The summed E-state index contributed by atoms with van der Waals surface area (Å²) in [4.78, 5) is 15.1. The van der Waals surface area contributed by atoms with E-state index in [1.165, 1.54) is 0 Å². The van der Waals surface area contributed by atoms with Crippen molar-refractivity contribution in [2.75, 3.05) is 26.2 Å². The molecular formula is C26H27NO5. The predicted molar refractivity (Wildman–Crippen MR) is 123 cm³/mol. The van der Waals surface area contributed by atoms with E-state index in [2.05, 4.69) is 0 Å². The number of aryl methyl sites for hydroxylation is 2. The van der Waals surface area contributed by atoms with Gasteiger partial charge in [0.1, 0.15) is 17.5 Å². The number of amides is 1. The van der Waals surface area contributed by atoms with Crippen molar-refractivity contribution in [1.82, 2.24) is 0 Å². The van der Waals surface area contributed by atoms with E-state index in [9.17, 15) is 4.79 Å². The minimum Gasteiger partial charge on any atom is -0.497 e. The Labute approximate surface area is 188 Å². The third-order valence-corrected chi connectivity index (χ3v) is 5.74. The normalized spacial score (nSPS) is 17.5. The van der Waals surface area contributed by atoms with E-state index < -0.39 is 6.10 Å². The molecule has 1 amide bonds. The molecule has 166 valence electrons. The highest BCUT2D eigenvalue weighted by Gasteiger charge is 2.51. The number of anilines is 1. The lowest BCUT2D eigenvalue weighted by Crippen LogP contribution is -2.61. The van der Waals surface area contributed by atoms with Crippen LogP contribution in [0.15, 0.2) is 60.7 Å².